The summed E-state index contributed by atoms with van der Waals surface area (Å²) in [6, 6.07) is 5.81. The van der Waals surface area contributed by atoms with Crippen LogP contribution in [0.4, 0.5) is 0 Å². The second-order valence-corrected chi connectivity index (χ2v) is 5.48. The van der Waals surface area contributed by atoms with E-state index in [4.69, 9.17) is 14.2 Å². The first-order chi connectivity index (χ1) is 8.96. The second kappa shape index (κ2) is 5.11. The van der Waals surface area contributed by atoms with Crippen LogP contribution in [0.2, 0.25) is 0 Å². The third-order valence-electron chi connectivity index (χ3n) is 2.84. The van der Waals surface area contributed by atoms with E-state index in [0.29, 0.717) is 11.3 Å². The van der Waals surface area contributed by atoms with Crippen LogP contribution in [-0.2, 0) is 15.4 Å². The molecule has 6 heteroatoms. The molecule has 0 radical (unpaired) electrons. The molecule has 2 rings (SSSR count). The third kappa shape index (κ3) is 2.61. The molecule has 5 nitrogen and oxygen atoms in total. The molecule has 0 saturated heterocycles. The van der Waals surface area contributed by atoms with Crippen LogP contribution < -0.4 is 4.74 Å². The molecule has 1 aliphatic rings. The largest absolute Gasteiger partial charge is 0.496 e. The Balaban J connectivity index is 2.48. The fraction of sp³-hybridized carbons (Fsp3) is 0.538. The SMILES string of the molecule is COc1cc(SC)ccc1C1(OC)N=NC(C)(C)O1. The van der Waals surface area contributed by atoms with E-state index in [1.807, 2.05) is 38.3 Å². The number of azo groups is 1. The standard InChI is InChI=1S/C13H18N2O3S/c1-12(2)14-15-13(17-4,18-12)10-7-6-9(19-5)8-11(10)16-3/h6-8H,1-5H3. The minimum Gasteiger partial charge on any atom is -0.496 e. The van der Waals surface area contributed by atoms with E-state index in [0.717, 1.165) is 4.90 Å². The molecule has 0 fully saturated rings. The number of methoxy groups -OCH3 is 2. The van der Waals surface area contributed by atoms with Crippen molar-refractivity contribution >= 4 is 11.8 Å². The molecular weight excluding hydrogens is 264 g/mol. The van der Waals surface area contributed by atoms with Crippen molar-refractivity contribution in [3.63, 3.8) is 0 Å². The van der Waals surface area contributed by atoms with E-state index in [1.165, 1.54) is 0 Å². The number of thioether (sulfide) groups is 1. The molecule has 19 heavy (non-hydrogen) atoms. The lowest BCUT2D eigenvalue weighted by molar-refractivity contribution is -0.248. The van der Waals surface area contributed by atoms with Gasteiger partial charge in [-0.3, -0.25) is 4.74 Å². The molecule has 1 heterocycles. The Hall–Kier alpha value is -1.11. The maximum atomic E-state index is 5.85. The molecule has 0 saturated carbocycles. The summed E-state index contributed by atoms with van der Waals surface area (Å²) in [5, 5.41) is 8.27. The van der Waals surface area contributed by atoms with Gasteiger partial charge in [0.15, 0.2) is 5.72 Å². The van der Waals surface area contributed by atoms with Crippen LogP contribution in [-0.4, -0.2) is 26.2 Å². The Kier molecular flexibility index (Phi) is 3.85. The number of hydrogen-bond donors (Lipinski definition) is 0. The van der Waals surface area contributed by atoms with Gasteiger partial charge < -0.3 is 9.47 Å². The molecule has 1 aromatic rings. The van der Waals surface area contributed by atoms with Crippen molar-refractivity contribution in [2.45, 2.75) is 30.4 Å². The lowest BCUT2D eigenvalue weighted by atomic mass is 10.1. The van der Waals surface area contributed by atoms with Crippen LogP contribution >= 0.6 is 11.8 Å². The summed E-state index contributed by atoms with van der Waals surface area (Å²) >= 11 is 1.64. The quantitative estimate of drug-likeness (QED) is 0.794. The number of ether oxygens (including phenoxy) is 3. The van der Waals surface area contributed by atoms with Gasteiger partial charge in [0.1, 0.15) is 5.75 Å². The van der Waals surface area contributed by atoms with Gasteiger partial charge in [-0.1, -0.05) is 0 Å². The van der Waals surface area contributed by atoms with Crippen LogP contribution in [0.1, 0.15) is 19.4 Å². The Bertz CT molecular complexity index is 505. The average Bonchev–Trinajstić information content (AvgIpc) is 2.74. The van der Waals surface area contributed by atoms with Crippen molar-refractivity contribution < 1.29 is 14.2 Å². The zero-order valence-corrected chi connectivity index (χ0v) is 12.6. The summed E-state index contributed by atoms with van der Waals surface area (Å²) in [5.41, 5.74) is 0.00349. The first-order valence-electron chi connectivity index (χ1n) is 5.88. The van der Waals surface area contributed by atoms with E-state index in [-0.39, 0.29) is 0 Å². The van der Waals surface area contributed by atoms with Crippen molar-refractivity contribution in [1.82, 2.24) is 0 Å². The highest BCUT2D eigenvalue weighted by Gasteiger charge is 2.47. The molecule has 0 aromatic heterocycles. The Morgan fingerprint density at radius 3 is 2.42 bits per heavy atom. The summed E-state index contributed by atoms with van der Waals surface area (Å²) in [7, 11) is 3.16. The maximum Gasteiger partial charge on any atom is 0.321 e. The minimum atomic E-state index is -1.23. The molecule has 0 bridgehead atoms. The average molecular weight is 282 g/mol. The summed E-state index contributed by atoms with van der Waals surface area (Å²) in [4.78, 5) is 1.10. The molecule has 0 spiro atoms. The number of benzene rings is 1. The molecule has 1 unspecified atom stereocenters. The molecule has 1 atom stereocenters. The fourth-order valence-electron chi connectivity index (χ4n) is 1.93. The minimum absolute atomic E-state index is 0.672. The zero-order valence-electron chi connectivity index (χ0n) is 11.8. The number of hydrogen-bond acceptors (Lipinski definition) is 6. The lowest BCUT2D eigenvalue weighted by Gasteiger charge is -2.27. The van der Waals surface area contributed by atoms with Crippen molar-refractivity contribution in [3.8, 4) is 5.75 Å². The topological polar surface area (TPSA) is 52.4 Å². The fourth-order valence-corrected chi connectivity index (χ4v) is 2.36. The van der Waals surface area contributed by atoms with E-state index >= 15 is 0 Å². The highest BCUT2D eigenvalue weighted by molar-refractivity contribution is 7.98. The van der Waals surface area contributed by atoms with Gasteiger partial charge in [0.2, 0.25) is 0 Å². The normalized spacial score (nSPS) is 24.7. The highest BCUT2D eigenvalue weighted by Crippen LogP contribution is 2.44. The van der Waals surface area contributed by atoms with Crippen LogP contribution in [0.15, 0.2) is 33.3 Å². The number of rotatable bonds is 4. The molecule has 1 aromatic carbocycles. The molecule has 0 N–H and O–H groups in total. The lowest BCUT2D eigenvalue weighted by Crippen LogP contribution is -2.33. The summed E-state index contributed by atoms with van der Waals surface area (Å²) in [6.45, 7) is 3.67. The first-order valence-corrected chi connectivity index (χ1v) is 7.11. The van der Waals surface area contributed by atoms with E-state index in [9.17, 15) is 0 Å². The van der Waals surface area contributed by atoms with Gasteiger partial charge >= 0.3 is 5.91 Å². The van der Waals surface area contributed by atoms with Gasteiger partial charge in [-0.15, -0.1) is 16.9 Å². The smallest absolute Gasteiger partial charge is 0.321 e. The predicted molar refractivity (Wildman–Crippen MR) is 73.5 cm³/mol. The van der Waals surface area contributed by atoms with E-state index < -0.39 is 11.6 Å². The summed E-state index contributed by atoms with van der Waals surface area (Å²) in [5.74, 6) is -0.559. The summed E-state index contributed by atoms with van der Waals surface area (Å²) < 4.78 is 16.7. The Labute approximate surface area is 117 Å². The van der Waals surface area contributed by atoms with Gasteiger partial charge in [-0.05, 0) is 38.3 Å². The van der Waals surface area contributed by atoms with Gasteiger partial charge in [0, 0.05) is 12.0 Å². The Morgan fingerprint density at radius 1 is 1.21 bits per heavy atom. The van der Waals surface area contributed by atoms with Crippen LogP contribution in [0.3, 0.4) is 0 Å². The Morgan fingerprint density at radius 2 is 1.95 bits per heavy atom. The molecule has 1 aliphatic heterocycles. The second-order valence-electron chi connectivity index (χ2n) is 4.60. The van der Waals surface area contributed by atoms with E-state index in [1.54, 1.807) is 26.0 Å². The van der Waals surface area contributed by atoms with Gasteiger partial charge in [0.05, 0.1) is 12.7 Å². The molecule has 0 amide bonds. The van der Waals surface area contributed by atoms with Crippen LogP contribution in [0.25, 0.3) is 0 Å². The van der Waals surface area contributed by atoms with Gasteiger partial charge in [-0.2, -0.15) is 5.11 Å². The zero-order chi connectivity index (χ0) is 14.1. The third-order valence-corrected chi connectivity index (χ3v) is 3.56. The van der Waals surface area contributed by atoms with Crippen LogP contribution in [0, 0.1) is 0 Å². The van der Waals surface area contributed by atoms with Crippen molar-refractivity contribution in [1.29, 1.82) is 0 Å². The highest BCUT2D eigenvalue weighted by atomic mass is 32.2. The predicted octanol–water partition coefficient (Wildman–Crippen LogP) is 3.39. The van der Waals surface area contributed by atoms with E-state index in [2.05, 4.69) is 10.2 Å². The number of nitrogens with zero attached hydrogens (tertiary/aromatic N) is 2. The first kappa shape index (κ1) is 14.3. The maximum absolute atomic E-state index is 5.85. The molecular formula is C13H18N2O3S. The van der Waals surface area contributed by atoms with Gasteiger partial charge in [0.25, 0.3) is 0 Å². The van der Waals surface area contributed by atoms with Gasteiger partial charge in [-0.25, -0.2) is 0 Å². The summed E-state index contributed by atoms with van der Waals surface area (Å²) in [6.07, 6.45) is 2.01. The molecule has 104 valence electrons. The van der Waals surface area contributed by atoms with Crippen molar-refractivity contribution in [2.75, 3.05) is 20.5 Å². The van der Waals surface area contributed by atoms with Crippen molar-refractivity contribution in [3.05, 3.63) is 23.8 Å². The van der Waals surface area contributed by atoms with Crippen molar-refractivity contribution in [2.24, 2.45) is 10.2 Å². The van der Waals surface area contributed by atoms with Crippen LogP contribution in [0.5, 0.6) is 5.75 Å². The molecule has 0 aliphatic carbocycles. The monoisotopic (exact) mass is 282 g/mol.